The first kappa shape index (κ1) is 99.5. The molecule has 0 spiro atoms. The van der Waals surface area contributed by atoms with Gasteiger partial charge in [-0.05, 0) is 87.6 Å². The standard InChI is InChI=1S/C88H108F4N16O23/c1-49-76(115)64(36-72(130-49)131-66-40-86(125,67(110)46-109)38-60-73(66)80(119)75-74(79(60)118)77(116)54-8-2-3-9-55(54)78(75)117)106-85(124)65-39-88(91,92)48-108(65)71(114)45-104-83(122)57-17-24-99-62-13-11-53(35-59(57)62)129-29-7-5-22-101-84(123)63(105-69(112)18-30-126-32-33-127-31-27-102-81(120)50(42-96-25-19-93)43-97-26-20-94)14-15-68(111)100-21-4-6-28-128-52-10-12-61-58(34-52)56(16-23-98-61)82(121)103-44-70(113)107-47-87(89,90)37-51(107)41-95/h2-3,8-13,16-17,23-24,34-35,49-51,63-66,72,76,96-97,109,115,118-119,125H,4-7,14-15,18-22,25-33,36-40,42-48,93-94H2,1H3,(H,100,111)(H,101,123)(H,102,120)(H,103,121)(H,104,122)(H,105,112)(H,106,124)/t49-,51+,63?,64-,65?,66-,72-,76+,86-/m0/s1. The number of fused-ring (bicyclic) bond motifs is 5. The van der Waals surface area contributed by atoms with Crippen molar-refractivity contribution in [3.8, 4) is 29.1 Å². The number of aromatic nitrogens is 2. The van der Waals surface area contributed by atoms with Crippen LogP contribution in [-0.2, 0) is 63.7 Å². The number of phenolic OH excluding ortho intramolecular Hbond substituents is 2. The second-order valence-electron chi connectivity index (χ2n) is 32.4. The number of nitriles is 1. The van der Waals surface area contributed by atoms with E-state index in [9.17, 15) is 97.1 Å². The van der Waals surface area contributed by atoms with Crippen LogP contribution in [0, 0.1) is 17.2 Å². The Morgan fingerprint density at radius 1 is 0.649 bits per heavy atom. The molecule has 6 aromatic rings. The third-order valence-corrected chi connectivity index (χ3v) is 22.9. The number of aliphatic hydroxyl groups excluding tert-OH is 2. The zero-order valence-electron chi connectivity index (χ0n) is 71.9. The Bertz CT molecular complexity index is 5220. The Morgan fingerprint density at radius 2 is 1.21 bits per heavy atom. The van der Waals surface area contributed by atoms with Gasteiger partial charge in [-0.1, -0.05) is 24.3 Å². The van der Waals surface area contributed by atoms with Crippen molar-refractivity contribution in [3.63, 3.8) is 0 Å². The third kappa shape index (κ3) is 25.8. The number of amides is 9. The number of unbranched alkanes of at least 4 members (excludes halogenated alkanes) is 2. The first-order chi connectivity index (χ1) is 62.8. The van der Waals surface area contributed by atoms with Crippen molar-refractivity contribution in [2.24, 2.45) is 17.4 Å². The Balaban J connectivity index is 0.641. The van der Waals surface area contributed by atoms with Crippen molar-refractivity contribution in [2.45, 2.75) is 150 Å². The van der Waals surface area contributed by atoms with E-state index in [4.69, 9.17) is 39.9 Å². The van der Waals surface area contributed by atoms with Gasteiger partial charge in [0.15, 0.2) is 23.6 Å². The predicted octanol–water partition coefficient (Wildman–Crippen LogP) is 0.170. The second-order valence-corrected chi connectivity index (χ2v) is 32.4. The number of rotatable bonds is 47. The largest absolute Gasteiger partial charge is 0.507 e. The van der Waals surface area contributed by atoms with E-state index in [2.05, 4.69) is 57.8 Å². The van der Waals surface area contributed by atoms with E-state index in [0.29, 0.717) is 92.0 Å². The number of nitrogens with one attached hydrogen (secondary N) is 9. The molecule has 3 aliphatic heterocycles. The van der Waals surface area contributed by atoms with Crippen molar-refractivity contribution >= 4 is 92.3 Å². The van der Waals surface area contributed by atoms with Crippen molar-refractivity contribution in [2.75, 3.05) is 131 Å². The number of phenols is 2. The summed E-state index contributed by atoms with van der Waals surface area (Å²) in [7, 11) is 0. The molecule has 0 saturated carbocycles. The highest BCUT2D eigenvalue weighted by Gasteiger charge is 2.54. The van der Waals surface area contributed by atoms with E-state index < -0.39 is 218 Å². The SMILES string of the molecule is C[C@@H]1O[C@@H](O[C@H]2C[C@](O)(C(=O)CO)Cc3c(O)c4c(c(O)c32)C(=O)c2ccccc2C4=O)C[C@H](NC(=O)C2CC(F)(F)CN2C(=O)CNC(=O)c2ccnc3ccc(OCCCCNC(=O)C(CCC(=O)NCCCCOc4ccc5nccc(C(=O)NCC(=O)N6CC(F)(F)C[C@@H]6C#N)c5c4)NC(=O)CCOCCOCCNC(=O)C(CNCCN)CNCCN)cc23)[C@@H]1O. The van der Waals surface area contributed by atoms with E-state index in [0.717, 1.165) is 4.90 Å². The minimum absolute atomic E-state index is 0.00806. The first-order valence-electron chi connectivity index (χ1n) is 43.1. The van der Waals surface area contributed by atoms with Crippen molar-refractivity contribution in [3.05, 3.63) is 130 Å². The molecular weight excluding hydrogens is 1730 g/mol. The van der Waals surface area contributed by atoms with Crippen LogP contribution in [0.5, 0.6) is 23.0 Å². The molecule has 0 radical (unpaired) electrons. The summed E-state index contributed by atoms with van der Waals surface area (Å²) in [6.07, 6.45) is -6.09. The molecule has 3 saturated heterocycles. The highest BCUT2D eigenvalue weighted by atomic mass is 19.3. The summed E-state index contributed by atoms with van der Waals surface area (Å²) in [5, 5.41) is 91.5. The average molecular weight is 1830 g/mol. The molecule has 2 aliphatic carbocycles. The number of hydrogen-bond donors (Lipinski definition) is 16. The number of carbonyl (C=O) groups excluding carboxylic acids is 12. The van der Waals surface area contributed by atoms with Crippen LogP contribution in [0.25, 0.3) is 21.8 Å². The van der Waals surface area contributed by atoms with Gasteiger partial charge >= 0.3 is 0 Å². The van der Waals surface area contributed by atoms with Gasteiger partial charge in [0.05, 0.1) is 129 Å². The van der Waals surface area contributed by atoms with Crippen LogP contribution in [0.1, 0.15) is 147 Å². The van der Waals surface area contributed by atoms with Gasteiger partial charge in [-0.15, -0.1) is 0 Å². The minimum Gasteiger partial charge on any atom is -0.507 e. The third-order valence-electron chi connectivity index (χ3n) is 22.9. The number of hydrogen-bond acceptors (Lipinski definition) is 30. The van der Waals surface area contributed by atoms with Gasteiger partial charge < -0.3 is 123 Å². The van der Waals surface area contributed by atoms with Gasteiger partial charge in [-0.25, -0.2) is 17.6 Å². The number of Topliss-reactive ketones (excluding diaryl/α,β-unsaturated/α-hetero) is 1. The van der Waals surface area contributed by atoms with E-state index in [1.165, 1.54) is 61.8 Å². The molecule has 18 N–H and O–H groups in total. The molecule has 9 amide bonds. The average Bonchev–Trinajstić information content (AvgIpc) is 1.30. The second kappa shape index (κ2) is 46.1. The zero-order valence-corrected chi connectivity index (χ0v) is 71.9. The number of nitrogens with two attached hydrogens (primary N) is 2. The van der Waals surface area contributed by atoms with Crippen LogP contribution in [0.15, 0.2) is 85.2 Å². The van der Waals surface area contributed by atoms with E-state index in [-0.39, 0.29) is 135 Å². The predicted molar refractivity (Wildman–Crippen MR) is 456 cm³/mol. The molecule has 9 atom stereocenters. The molecular formula is C88H108F4N16O23. The number of nitrogens with zero attached hydrogens (tertiary/aromatic N) is 5. The molecule has 11 rings (SSSR count). The number of ketones is 3. The maximum atomic E-state index is 15.5. The summed E-state index contributed by atoms with van der Waals surface area (Å²) in [6, 6.07) is 13.8. The van der Waals surface area contributed by atoms with Gasteiger partial charge in [0.1, 0.15) is 59.4 Å². The first-order valence-corrected chi connectivity index (χ1v) is 43.1. The van der Waals surface area contributed by atoms with Gasteiger partial charge in [0, 0.05) is 149 Å². The van der Waals surface area contributed by atoms with Gasteiger partial charge in [-0.3, -0.25) is 67.5 Å². The van der Waals surface area contributed by atoms with Crippen LogP contribution >= 0.6 is 0 Å². The number of benzene rings is 4. The molecule has 131 heavy (non-hydrogen) atoms. The molecule has 39 nitrogen and oxygen atoms in total. The number of alkyl halides is 4. The molecule has 5 heterocycles. The molecule has 3 fully saturated rings. The van der Waals surface area contributed by atoms with Crippen LogP contribution < -0.4 is 68.8 Å². The monoisotopic (exact) mass is 1830 g/mol. The molecule has 4 aromatic carbocycles. The molecule has 706 valence electrons. The van der Waals surface area contributed by atoms with E-state index in [1.807, 2.05) is 0 Å². The van der Waals surface area contributed by atoms with E-state index in [1.54, 1.807) is 36.4 Å². The summed E-state index contributed by atoms with van der Waals surface area (Å²) < 4.78 is 94.4. The summed E-state index contributed by atoms with van der Waals surface area (Å²) >= 11 is 0. The quantitative estimate of drug-likeness (QED) is 0.0137. The summed E-state index contributed by atoms with van der Waals surface area (Å²) in [5.41, 5.74) is 7.42. The van der Waals surface area contributed by atoms with Crippen molar-refractivity contribution < 1.29 is 129 Å². The number of ether oxygens (including phenoxy) is 6. The summed E-state index contributed by atoms with van der Waals surface area (Å²) in [4.78, 5) is 172. The Kier molecular flexibility index (Phi) is 35.0. The fourth-order valence-electron chi connectivity index (χ4n) is 16.1. The fraction of sp³-hybridized carbons (Fsp3) is 0.511. The zero-order chi connectivity index (χ0) is 94.3. The summed E-state index contributed by atoms with van der Waals surface area (Å²) in [5.74, 6) is -17.5. The maximum absolute atomic E-state index is 15.5. The Hall–Kier alpha value is -12.1. The number of likely N-dealkylation sites (tertiary alicyclic amines) is 2. The number of pyridine rings is 2. The van der Waals surface area contributed by atoms with Gasteiger partial charge in [0.2, 0.25) is 41.4 Å². The molecule has 0 bridgehead atoms. The molecule has 5 aliphatic rings. The minimum atomic E-state index is -3.62. The van der Waals surface area contributed by atoms with Gasteiger partial charge in [0.25, 0.3) is 23.7 Å². The van der Waals surface area contributed by atoms with Gasteiger partial charge in [-0.2, -0.15) is 5.26 Å². The Morgan fingerprint density at radius 3 is 1.79 bits per heavy atom. The van der Waals surface area contributed by atoms with E-state index >= 15 is 8.78 Å². The maximum Gasteiger partial charge on any atom is 0.268 e. The number of aliphatic hydroxyl groups is 3. The van der Waals surface area contributed by atoms with Crippen molar-refractivity contribution in [1.82, 2.24) is 67.6 Å². The normalized spacial score (nSPS) is 20.2. The smallest absolute Gasteiger partial charge is 0.268 e. The molecule has 2 unspecified atom stereocenters. The van der Waals surface area contributed by atoms with Crippen LogP contribution in [-0.4, -0.2) is 307 Å². The number of carbonyl (C=O) groups is 12. The van der Waals surface area contributed by atoms with Crippen LogP contribution in [0.2, 0.25) is 0 Å². The fourth-order valence-corrected chi connectivity index (χ4v) is 16.1. The Labute approximate surface area is 748 Å². The van der Waals surface area contributed by atoms with Crippen LogP contribution in [0.4, 0.5) is 17.6 Å². The summed E-state index contributed by atoms with van der Waals surface area (Å²) in [6.45, 7) is 0.404. The number of halogens is 4. The van der Waals surface area contributed by atoms with Crippen LogP contribution in [0.3, 0.4) is 0 Å². The lowest BCUT2D eigenvalue weighted by Crippen LogP contribution is -2.58. The van der Waals surface area contributed by atoms with Crippen molar-refractivity contribution in [1.29, 1.82) is 5.26 Å². The number of aromatic hydroxyl groups is 2. The highest BCUT2D eigenvalue weighted by Crippen LogP contribution is 2.52. The molecule has 2 aromatic heterocycles. The lowest BCUT2D eigenvalue weighted by Gasteiger charge is -2.43. The lowest BCUT2D eigenvalue weighted by molar-refractivity contribution is -0.249. The molecule has 43 heteroatoms. The topological polar surface area (TPSA) is 578 Å². The highest BCUT2D eigenvalue weighted by molar-refractivity contribution is 6.30. The lowest BCUT2D eigenvalue weighted by atomic mass is 9.72.